The molecule has 22 heavy (non-hydrogen) atoms. The third kappa shape index (κ3) is 2.63. The third-order valence-electron chi connectivity index (χ3n) is 3.69. The maximum absolute atomic E-state index is 14.3. The van der Waals surface area contributed by atoms with Gasteiger partial charge in [-0.15, -0.1) is 0 Å². The molecule has 0 amide bonds. The van der Waals surface area contributed by atoms with Gasteiger partial charge >= 0.3 is 0 Å². The lowest BCUT2D eigenvalue weighted by molar-refractivity contribution is -0.0456. The molecule has 2 heterocycles. The van der Waals surface area contributed by atoms with Crippen LogP contribution in [0.4, 0.5) is 10.1 Å². The zero-order chi connectivity index (χ0) is 15.7. The van der Waals surface area contributed by atoms with E-state index in [1.54, 1.807) is 6.07 Å². The fourth-order valence-corrected chi connectivity index (χ4v) is 2.37. The molecule has 1 saturated heterocycles. The SMILES string of the molecule is CC[C@@H](O)CNc1coc2c(F)c(O)c(C3OCCO3)cc12. The first-order valence-corrected chi connectivity index (χ1v) is 7.19. The van der Waals surface area contributed by atoms with E-state index < -0.39 is 24.0 Å². The van der Waals surface area contributed by atoms with Crippen molar-refractivity contribution in [3.63, 3.8) is 0 Å². The standard InChI is InChI=1S/C15H18FNO5/c1-2-8(18)6-17-11-7-22-14-9(11)5-10(13(19)12(14)16)15-20-3-4-21-15/h5,7-8,15,17-19H,2-4,6H2,1H3/t8-/m1/s1. The first-order chi connectivity index (χ1) is 10.6. The maximum Gasteiger partial charge on any atom is 0.208 e. The van der Waals surface area contributed by atoms with Gasteiger partial charge in [0.1, 0.15) is 6.26 Å². The Labute approximate surface area is 126 Å². The number of hydrogen-bond acceptors (Lipinski definition) is 6. The number of phenols is 1. The number of phenolic OH excluding ortho intramolecular Hbond substituents is 1. The minimum atomic E-state index is -0.851. The largest absolute Gasteiger partial charge is 0.504 e. The molecule has 1 aliphatic rings. The number of furan rings is 1. The minimum Gasteiger partial charge on any atom is -0.504 e. The summed E-state index contributed by atoms with van der Waals surface area (Å²) in [6.45, 7) is 2.97. The fraction of sp³-hybridized carbons (Fsp3) is 0.467. The van der Waals surface area contributed by atoms with Crippen LogP contribution in [0.5, 0.6) is 5.75 Å². The van der Waals surface area contributed by atoms with E-state index in [0.29, 0.717) is 37.3 Å². The first kappa shape index (κ1) is 15.1. The predicted molar refractivity (Wildman–Crippen MR) is 77.3 cm³/mol. The van der Waals surface area contributed by atoms with E-state index in [2.05, 4.69) is 5.32 Å². The first-order valence-electron chi connectivity index (χ1n) is 7.19. The van der Waals surface area contributed by atoms with E-state index in [1.807, 2.05) is 6.92 Å². The average molecular weight is 311 g/mol. The molecule has 6 nitrogen and oxygen atoms in total. The Kier molecular flexibility index (Phi) is 4.19. The zero-order valence-corrected chi connectivity index (χ0v) is 12.1. The van der Waals surface area contributed by atoms with Crippen molar-refractivity contribution in [1.82, 2.24) is 0 Å². The van der Waals surface area contributed by atoms with Gasteiger partial charge in [-0.25, -0.2) is 0 Å². The van der Waals surface area contributed by atoms with E-state index in [1.165, 1.54) is 6.26 Å². The lowest BCUT2D eigenvalue weighted by Crippen LogP contribution is -2.17. The highest BCUT2D eigenvalue weighted by atomic mass is 19.1. The third-order valence-corrected chi connectivity index (χ3v) is 3.69. The van der Waals surface area contributed by atoms with Crippen molar-refractivity contribution in [2.45, 2.75) is 25.7 Å². The number of hydrogen-bond donors (Lipinski definition) is 3. The number of aliphatic hydroxyl groups is 1. The zero-order valence-electron chi connectivity index (χ0n) is 12.1. The van der Waals surface area contributed by atoms with Crippen LogP contribution in [0.25, 0.3) is 11.0 Å². The van der Waals surface area contributed by atoms with Gasteiger partial charge in [0, 0.05) is 11.9 Å². The number of nitrogens with one attached hydrogen (secondary N) is 1. The Morgan fingerprint density at radius 2 is 2.14 bits per heavy atom. The number of benzene rings is 1. The lowest BCUT2D eigenvalue weighted by atomic mass is 10.1. The summed E-state index contributed by atoms with van der Waals surface area (Å²) in [6, 6.07) is 1.58. The van der Waals surface area contributed by atoms with Crippen LogP contribution in [0.1, 0.15) is 25.2 Å². The minimum absolute atomic E-state index is 0.0484. The normalized spacial score (nSPS) is 17.2. The van der Waals surface area contributed by atoms with Crippen LogP contribution < -0.4 is 5.32 Å². The number of fused-ring (bicyclic) bond motifs is 1. The number of anilines is 1. The molecule has 2 aromatic rings. The summed E-state index contributed by atoms with van der Waals surface area (Å²) < 4.78 is 30.1. The van der Waals surface area contributed by atoms with E-state index in [-0.39, 0.29) is 11.1 Å². The van der Waals surface area contributed by atoms with Gasteiger partial charge in [0.15, 0.2) is 17.6 Å². The van der Waals surface area contributed by atoms with Crippen molar-refractivity contribution in [3.8, 4) is 5.75 Å². The molecule has 3 rings (SSSR count). The molecule has 0 saturated carbocycles. The average Bonchev–Trinajstić information content (AvgIpc) is 3.17. The molecule has 1 fully saturated rings. The highest BCUT2D eigenvalue weighted by molar-refractivity contribution is 5.92. The number of rotatable bonds is 5. The van der Waals surface area contributed by atoms with E-state index in [4.69, 9.17) is 13.9 Å². The summed E-state index contributed by atoms with van der Waals surface area (Å²) in [5.74, 6) is -1.38. The summed E-state index contributed by atoms with van der Waals surface area (Å²) in [7, 11) is 0. The van der Waals surface area contributed by atoms with Gasteiger partial charge in [-0.3, -0.25) is 0 Å². The quantitative estimate of drug-likeness (QED) is 0.787. The second kappa shape index (κ2) is 6.12. The molecule has 0 spiro atoms. The number of ether oxygens (including phenoxy) is 2. The van der Waals surface area contributed by atoms with Gasteiger partial charge in [0.25, 0.3) is 0 Å². The predicted octanol–water partition coefficient (Wildman–Crippen LogP) is 2.51. The second-order valence-electron chi connectivity index (χ2n) is 5.17. The Hall–Kier alpha value is -1.83. The Bertz CT molecular complexity index is 665. The van der Waals surface area contributed by atoms with Crippen molar-refractivity contribution in [2.75, 3.05) is 25.1 Å². The lowest BCUT2D eigenvalue weighted by Gasteiger charge is -2.13. The van der Waals surface area contributed by atoms with Crippen LogP contribution in [0.15, 0.2) is 16.7 Å². The Morgan fingerprint density at radius 3 is 2.82 bits per heavy atom. The Balaban J connectivity index is 1.98. The van der Waals surface area contributed by atoms with Gasteiger partial charge in [-0.05, 0) is 12.5 Å². The topological polar surface area (TPSA) is 84.1 Å². The molecule has 0 aliphatic carbocycles. The molecule has 1 aliphatic heterocycles. The van der Waals surface area contributed by atoms with Crippen molar-refractivity contribution in [2.24, 2.45) is 0 Å². The molecule has 0 radical (unpaired) electrons. The smallest absolute Gasteiger partial charge is 0.208 e. The van der Waals surface area contributed by atoms with Crippen LogP contribution >= 0.6 is 0 Å². The molecule has 7 heteroatoms. The Morgan fingerprint density at radius 1 is 1.41 bits per heavy atom. The monoisotopic (exact) mass is 311 g/mol. The summed E-state index contributed by atoms with van der Waals surface area (Å²) in [6.07, 6.45) is 0.665. The fourth-order valence-electron chi connectivity index (χ4n) is 2.37. The van der Waals surface area contributed by atoms with Crippen molar-refractivity contribution >= 4 is 16.7 Å². The van der Waals surface area contributed by atoms with Crippen LogP contribution in [0.3, 0.4) is 0 Å². The van der Waals surface area contributed by atoms with Gasteiger partial charge < -0.3 is 29.4 Å². The molecule has 1 atom stereocenters. The molecule has 3 N–H and O–H groups in total. The van der Waals surface area contributed by atoms with Crippen molar-refractivity contribution in [1.29, 1.82) is 0 Å². The molecular formula is C15H18FNO5. The van der Waals surface area contributed by atoms with Gasteiger partial charge in [-0.1, -0.05) is 6.92 Å². The summed E-state index contributed by atoms with van der Waals surface area (Å²) in [5.41, 5.74) is 0.719. The second-order valence-corrected chi connectivity index (χ2v) is 5.17. The van der Waals surface area contributed by atoms with Crippen LogP contribution in [0.2, 0.25) is 0 Å². The summed E-state index contributed by atoms with van der Waals surface area (Å²) >= 11 is 0. The summed E-state index contributed by atoms with van der Waals surface area (Å²) in [4.78, 5) is 0. The molecule has 1 aromatic carbocycles. The highest BCUT2D eigenvalue weighted by Crippen LogP contribution is 2.39. The van der Waals surface area contributed by atoms with Gasteiger partial charge in [0.05, 0.1) is 30.6 Å². The maximum atomic E-state index is 14.3. The van der Waals surface area contributed by atoms with Gasteiger partial charge in [0.2, 0.25) is 5.82 Å². The molecule has 0 bridgehead atoms. The van der Waals surface area contributed by atoms with Crippen molar-refractivity contribution in [3.05, 3.63) is 23.7 Å². The van der Waals surface area contributed by atoms with E-state index in [0.717, 1.165) is 0 Å². The van der Waals surface area contributed by atoms with Crippen LogP contribution in [-0.4, -0.2) is 36.1 Å². The van der Waals surface area contributed by atoms with Gasteiger partial charge in [-0.2, -0.15) is 4.39 Å². The van der Waals surface area contributed by atoms with E-state index in [9.17, 15) is 14.6 Å². The molecular weight excluding hydrogens is 293 g/mol. The van der Waals surface area contributed by atoms with E-state index >= 15 is 0 Å². The molecule has 0 unspecified atom stereocenters. The summed E-state index contributed by atoms with van der Waals surface area (Å²) in [5, 5.41) is 23.0. The number of aliphatic hydroxyl groups excluding tert-OH is 1. The van der Waals surface area contributed by atoms with Crippen molar-refractivity contribution < 1.29 is 28.5 Å². The van der Waals surface area contributed by atoms with Crippen LogP contribution in [-0.2, 0) is 9.47 Å². The number of halogens is 1. The molecule has 120 valence electrons. The molecule has 1 aromatic heterocycles. The highest BCUT2D eigenvalue weighted by Gasteiger charge is 2.27. The number of aromatic hydroxyl groups is 1. The van der Waals surface area contributed by atoms with Crippen LogP contribution in [0, 0.1) is 5.82 Å².